The molecule has 1 rings (SSSR count). The van der Waals surface area contributed by atoms with Crippen molar-refractivity contribution in [3.05, 3.63) is 34.4 Å². The van der Waals surface area contributed by atoms with Gasteiger partial charge < -0.3 is 11.1 Å². The Bertz CT molecular complexity index is 649. The molecule has 122 valence electrons. The van der Waals surface area contributed by atoms with Crippen molar-refractivity contribution in [3.63, 3.8) is 0 Å². The van der Waals surface area contributed by atoms with Crippen LogP contribution in [0.15, 0.2) is 29.2 Å². The SMILES string of the molecule is CC(C)(N)C(=O)NCCNS(=O)(=O)c1ccc([N+](=O)[O-])cc1. The minimum Gasteiger partial charge on any atom is -0.353 e. The van der Waals surface area contributed by atoms with Gasteiger partial charge in [-0.15, -0.1) is 0 Å². The highest BCUT2D eigenvalue weighted by Crippen LogP contribution is 2.15. The fourth-order valence-electron chi connectivity index (χ4n) is 1.42. The van der Waals surface area contributed by atoms with Gasteiger partial charge in [-0.2, -0.15) is 0 Å². The summed E-state index contributed by atoms with van der Waals surface area (Å²) in [6, 6.07) is 4.49. The molecule has 0 fully saturated rings. The quantitative estimate of drug-likeness (QED) is 0.356. The van der Waals surface area contributed by atoms with E-state index in [1.54, 1.807) is 0 Å². The molecule has 0 aliphatic heterocycles. The Hall–Kier alpha value is -2.04. The van der Waals surface area contributed by atoms with Crippen LogP contribution in [0.4, 0.5) is 5.69 Å². The Kier molecular flexibility index (Phi) is 5.58. The van der Waals surface area contributed by atoms with Crippen molar-refractivity contribution in [2.45, 2.75) is 24.3 Å². The normalized spacial score (nSPS) is 12.0. The third kappa shape index (κ3) is 5.06. The van der Waals surface area contributed by atoms with Gasteiger partial charge in [-0.1, -0.05) is 0 Å². The monoisotopic (exact) mass is 330 g/mol. The van der Waals surface area contributed by atoms with Crippen molar-refractivity contribution in [1.82, 2.24) is 10.0 Å². The molecule has 0 aliphatic carbocycles. The summed E-state index contributed by atoms with van der Waals surface area (Å²) in [5, 5.41) is 13.0. The summed E-state index contributed by atoms with van der Waals surface area (Å²) in [6.45, 7) is 3.11. The number of sulfonamides is 1. The minimum atomic E-state index is -3.79. The van der Waals surface area contributed by atoms with E-state index < -0.39 is 26.4 Å². The highest BCUT2D eigenvalue weighted by Gasteiger charge is 2.21. The van der Waals surface area contributed by atoms with Gasteiger partial charge >= 0.3 is 0 Å². The number of rotatable bonds is 7. The topological polar surface area (TPSA) is 144 Å². The average Bonchev–Trinajstić information content (AvgIpc) is 2.42. The van der Waals surface area contributed by atoms with E-state index in [0.717, 1.165) is 24.3 Å². The largest absolute Gasteiger partial charge is 0.353 e. The van der Waals surface area contributed by atoms with Gasteiger partial charge in [-0.3, -0.25) is 14.9 Å². The molecule has 10 heteroatoms. The first-order chi connectivity index (χ1) is 10.0. The van der Waals surface area contributed by atoms with E-state index in [-0.39, 0.29) is 23.7 Å². The first-order valence-corrected chi connectivity index (χ1v) is 7.83. The number of nitro benzene ring substituents is 1. The van der Waals surface area contributed by atoms with E-state index in [0.29, 0.717) is 0 Å². The van der Waals surface area contributed by atoms with E-state index in [2.05, 4.69) is 10.0 Å². The third-order valence-electron chi connectivity index (χ3n) is 2.65. The van der Waals surface area contributed by atoms with Crippen molar-refractivity contribution < 1.29 is 18.1 Å². The Morgan fingerprint density at radius 2 is 1.82 bits per heavy atom. The summed E-state index contributed by atoms with van der Waals surface area (Å²) in [5.41, 5.74) is 4.33. The first kappa shape index (κ1) is 18.0. The molecule has 0 bridgehead atoms. The van der Waals surface area contributed by atoms with Crippen LogP contribution in [0.3, 0.4) is 0 Å². The summed E-state index contributed by atoms with van der Waals surface area (Å²) < 4.78 is 26.2. The molecular weight excluding hydrogens is 312 g/mol. The van der Waals surface area contributed by atoms with Gasteiger partial charge in [-0.05, 0) is 26.0 Å². The van der Waals surface area contributed by atoms with Crippen molar-refractivity contribution in [1.29, 1.82) is 0 Å². The van der Waals surface area contributed by atoms with E-state index in [1.807, 2.05) is 0 Å². The van der Waals surface area contributed by atoms with Gasteiger partial charge in [0.2, 0.25) is 15.9 Å². The van der Waals surface area contributed by atoms with Crippen molar-refractivity contribution in [2.24, 2.45) is 5.73 Å². The molecule has 0 heterocycles. The van der Waals surface area contributed by atoms with Gasteiger partial charge in [0, 0.05) is 25.2 Å². The van der Waals surface area contributed by atoms with Crippen LogP contribution in [0.1, 0.15) is 13.8 Å². The maximum Gasteiger partial charge on any atom is 0.269 e. The summed E-state index contributed by atoms with van der Waals surface area (Å²) >= 11 is 0. The number of nitrogens with zero attached hydrogens (tertiary/aromatic N) is 1. The molecule has 0 aromatic heterocycles. The number of carbonyl (C=O) groups is 1. The molecule has 0 spiro atoms. The van der Waals surface area contributed by atoms with Gasteiger partial charge in [0.1, 0.15) is 0 Å². The molecule has 0 saturated heterocycles. The zero-order valence-corrected chi connectivity index (χ0v) is 13.0. The number of non-ortho nitro benzene ring substituents is 1. The van der Waals surface area contributed by atoms with E-state index in [1.165, 1.54) is 13.8 Å². The Morgan fingerprint density at radius 1 is 1.27 bits per heavy atom. The summed E-state index contributed by atoms with van der Waals surface area (Å²) in [4.78, 5) is 21.3. The lowest BCUT2D eigenvalue weighted by Gasteiger charge is -2.17. The predicted octanol–water partition coefficient (Wildman–Crippen LogP) is -0.273. The van der Waals surface area contributed by atoms with Gasteiger partial charge in [0.25, 0.3) is 5.69 Å². The van der Waals surface area contributed by atoms with Gasteiger partial charge in [0.15, 0.2) is 0 Å². The van der Waals surface area contributed by atoms with Crippen molar-refractivity contribution in [2.75, 3.05) is 13.1 Å². The summed E-state index contributed by atoms with van der Waals surface area (Å²) in [6.07, 6.45) is 0. The number of hydrogen-bond donors (Lipinski definition) is 3. The number of carbonyl (C=O) groups excluding carboxylic acids is 1. The molecule has 0 radical (unpaired) electrons. The molecule has 1 aromatic rings. The lowest BCUT2D eigenvalue weighted by molar-refractivity contribution is -0.384. The van der Waals surface area contributed by atoms with Crippen LogP contribution >= 0.6 is 0 Å². The van der Waals surface area contributed by atoms with E-state index in [9.17, 15) is 23.3 Å². The number of nitrogens with two attached hydrogens (primary N) is 1. The Labute approximate surface area is 128 Å². The highest BCUT2D eigenvalue weighted by atomic mass is 32.2. The van der Waals surface area contributed by atoms with Crippen LogP contribution in [0.5, 0.6) is 0 Å². The zero-order chi connectivity index (χ0) is 17.0. The highest BCUT2D eigenvalue weighted by molar-refractivity contribution is 7.89. The number of nitro groups is 1. The fourth-order valence-corrected chi connectivity index (χ4v) is 2.45. The van der Waals surface area contributed by atoms with Crippen LogP contribution in [-0.2, 0) is 14.8 Å². The molecule has 4 N–H and O–H groups in total. The lowest BCUT2D eigenvalue weighted by atomic mass is 10.1. The second-order valence-electron chi connectivity index (χ2n) is 5.13. The summed E-state index contributed by atoms with van der Waals surface area (Å²) in [5.74, 6) is -0.401. The maximum absolute atomic E-state index is 11.9. The molecule has 22 heavy (non-hydrogen) atoms. The predicted molar refractivity (Wildman–Crippen MR) is 79.6 cm³/mol. The Balaban J connectivity index is 2.58. The summed E-state index contributed by atoms with van der Waals surface area (Å²) in [7, 11) is -3.79. The zero-order valence-electron chi connectivity index (χ0n) is 12.2. The van der Waals surface area contributed by atoms with E-state index in [4.69, 9.17) is 5.73 Å². The van der Waals surface area contributed by atoms with E-state index >= 15 is 0 Å². The van der Waals surface area contributed by atoms with Gasteiger partial charge in [0.05, 0.1) is 15.4 Å². The van der Waals surface area contributed by atoms with Crippen LogP contribution in [0, 0.1) is 10.1 Å². The average molecular weight is 330 g/mol. The molecule has 1 amide bonds. The van der Waals surface area contributed by atoms with Crippen LogP contribution in [0.25, 0.3) is 0 Å². The molecule has 9 nitrogen and oxygen atoms in total. The lowest BCUT2D eigenvalue weighted by Crippen LogP contribution is -2.50. The van der Waals surface area contributed by atoms with Crippen LogP contribution < -0.4 is 15.8 Å². The molecule has 0 atom stereocenters. The smallest absolute Gasteiger partial charge is 0.269 e. The first-order valence-electron chi connectivity index (χ1n) is 6.35. The van der Waals surface area contributed by atoms with Crippen LogP contribution in [-0.4, -0.2) is 37.9 Å². The molecule has 0 unspecified atom stereocenters. The standard InChI is InChI=1S/C12H18N4O5S/c1-12(2,13)11(17)14-7-8-15-22(20,21)10-5-3-9(4-6-10)16(18)19/h3-6,15H,7-8,13H2,1-2H3,(H,14,17). The molecule has 1 aromatic carbocycles. The van der Waals surface area contributed by atoms with Crippen LogP contribution in [0.2, 0.25) is 0 Å². The second kappa shape index (κ2) is 6.81. The number of benzene rings is 1. The Morgan fingerprint density at radius 3 is 2.27 bits per heavy atom. The fraction of sp³-hybridized carbons (Fsp3) is 0.417. The van der Waals surface area contributed by atoms with Gasteiger partial charge in [-0.25, -0.2) is 13.1 Å². The van der Waals surface area contributed by atoms with Crippen molar-refractivity contribution >= 4 is 21.6 Å². The second-order valence-corrected chi connectivity index (χ2v) is 6.89. The molecule has 0 saturated carbocycles. The minimum absolute atomic E-state index is 0.0266. The van der Waals surface area contributed by atoms with Crippen molar-refractivity contribution in [3.8, 4) is 0 Å². The molecule has 0 aliphatic rings. The number of hydrogen-bond acceptors (Lipinski definition) is 6. The number of amides is 1. The maximum atomic E-state index is 11.9. The third-order valence-corrected chi connectivity index (χ3v) is 4.12. The number of nitrogens with one attached hydrogen (secondary N) is 2. The molecular formula is C12H18N4O5S.